The van der Waals surface area contributed by atoms with Crippen molar-refractivity contribution in [3.05, 3.63) is 0 Å². The van der Waals surface area contributed by atoms with E-state index in [4.69, 9.17) is 0 Å². The Labute approximate surface area is 114 Å². The second-order valence-corrected chi connectivity index (χ2v) is 5.30. The van der Waals surface area contributed by atoms with Crippen molar-refractivity contribution in [2.45, 2.75) is 12.8 Å². The normalized spacial score (nSPS) is 24.5. The monoisotopic (exact) mass is 269 g/mol. The maximum absolute atomic E-state index is 12.1. The van der Waals surface area contributed by atoms with Gasteiger partial charge in [0.15, 0.2) is 0 Å². The van der Waals surface area contributed by atoms with Crippen LogP contribution in [0.1, 0.15) is 12.8 Å². The summed E-state index contributed by atoms with van der Waals surface area (Å²) in [7, 11) is 1.40. The highest BCUT2D eigenvalue weighted by Crippen LogP contribution is 2.14. The van der Waals surface area contributed by atoms with E-state index in [0.29, 0.717) is 18.9 Å². The van der Waals surface area contributed by atoms with Crippen molar-refractivity contribution in [3.8, 4) is 0 Å². The lowest BCUT2D eigenvalue weighted by Gasteiger charge is -2.34. The predicted octanol–water partition coefficient (Wildman–Crippen LogP) is -0.697. The van der Waals surface area contributed by atoms with Gasteiger partial charge in [0.1, 0.15) is 0 Å². The molecule has 108 valence electrons. The summed E-state index contributed by atoms with van der Waals surface area (Å²) in [5, 5.41) is 3.29. The van der Waals surface area contributed by atoms with Gasteiger partial charge in [-0.1, -0.05) is 0 Å². The number of methoxy groups -OCH3 is 1. The third-order valence-electron chi connectivity index (χ3n) is 3.93. The maximum atomic E-state index is 12.1. The summed E-state index contributed by atoms with van der Waals surface area (Å²) in [5.41, 5.74) is 0. The van der Waals surface area contributed by atoms with Crippen molar-refractivity contribution in [2.24, 2.45) is 5.92 Å². The topological polar surface area (TPSA) is 61.9 Å². The maximum Gasteiger partial charge on any atom is 0.319 e. The predicted molar refractivity (Wildman–Crippen MR) is 70.6 cm³/mol. The molecule has 6 heteroatoms. The zero-order valence-corrected chi connectivity index (χ0v) is 11.6. The highest BCUT2D eigenvalue weighted by molar-refractivity contribution is 5.76. The Morgan fingerprint density at radius 1 is 1.26 bits per heavy atom. The van der Waals surface area contributed by atoms with Crippen molar-refractivity contribution in [2.75, 3.05) is 52.9 Å². The van der Waals surface area contributed by atoms with Gasteiger partial charge in [-0.2, -0.15) is 0 Å². The minimum Gasteiger partial charge on any atom is -0.468 e. The molecule has 0 aromatic rings. The number of ether oxygens (including phenoxy) is 1. The first-order valence-electron chi connectivity index (χ1n) is 6.96. The Kier molecular flexibility index (Phi) is 5.15. The molecule has 6 nitrogen and oxygen atoms in total. The van der Waals surface area contributed by atoms with E-state index in [2.05, 4.69) is 10.1 Å². The molecular weight excluding hydrogens is 246 g/mol. The first kappa shape index (κ1) is 14.3. The fourth-order valence-corrected chi connectivity index (χ4v) is 2.67. The molecule has 2 rings (SSSR count). The van der Waals surface area contributed by atoms with Crippen LogP contribution in [0.15, 0.2) is 0 Å². The average Bonchev–Trinajstić information content (AvgIpc) is 2.92. The molecule has 2 saturated heterocycles. The number of carbonyl (C=O) groups is 2. The third kappa shape index (κ3) is 4.18. The molecule has 0 aromatic heterocycles. The number of esters is 1. The fraction of sp³-hybridized carbons (Fsp3) is 0.846. The summed E-state index contributed by atoms with van der Waals surface area (Å²) in [6.07, 6.45) is 1.76. The fourth-order valence-electron chi connectivity index (χ4n) is 2.67. The van der Waals surface area contributed by atoms with Gasteiger partial charge in [-0.25, -0.2) is 0 Å². The van der Waals surface area contributed by atoms with Gasteiger partial charge in [-0.15, -0.1) is 0 Å². The zero-order valence-electron chi connectivity index (χ0n) is 11.6. The summed E-state index contributed by atoms with van der Waals surface area (Å²) < 4.78 is 4.65. The van der Waals surface area contributed by atoms with E-state index >= 15 is 0 Å². The number of hydrogen-bond donors (Lipinski definition) is 1. The van der Waals surface area contributed by atoms with Gasteiger partial charge in [0.2, 0.25) is 5.91 Å². The minimum atomic E-state index is -0.211. The Balaban J connectivity index is 1.70. The van der Waals surface area contributed by atoms with Gasteiger partial charge in [-0.3, -0.25) is 14.5 Å². The molecule has 1 amide bonds. The van der Waals surface area contributed by atoms with E-state index < -0.39 is 0 Å². The highest BCUT2D eigenvalue weighted by Gasteiger charge is 2.25. The van der Waals surface area contributed by atoms with Gasteiger partial charge in [-0.05, 0) is 25.4 Å². The van der Waals surface area contributed by atoms with Crippen LogP contribution < -0.4 is 5.32 Å². The number of nitrogens with zero attached hydrogens (tertiary/aromatic N) is 2. The molecule has 0 aliphatic carbocycles. The molecule has 1 atom stereocenters. The largest absolute Gasteiger partial charge is 0.468 e. The summed E-state index contributed by atoms with van der Waals surface area (Å²) in [4.78, 5) is 27.3. The Morgan fingerprint density at radius 2 is 2.00 bits per heavy atom. The number of piperazine rings is 1. The van der Waals surface area contributed by atoms with E-state index in [1.807, 2.05) is 9.80 Å². The highest BCUT2D eigenvalue weighted by atomic mass is 16.5. The first-order valence-corrected chi connectivity index (χ1v) is 6.96. The molecule has 0 bridgehead atoms. The van der Waals surface area contributed by atoms with Crippen LogP contribution in [0.2, 0.25) is 0 Å². The SMILES string of the molecule is COC(=O)CN1CCN(C(=O)CC2CCNC2)CC1. The van der Waals surface area contributed by atoms with Gasteiger partial charge in [0.25, 0.3) is 0 Å². The van der Waals surface area contributed by atoms with Gasteiger partial charge >= 0.3 is 5.97 Å². The second kappa shape index (κ2) is 6.86. The molecule has 1 unspecified atom stereocenters. The summed E-state index contributed by atoms with van der Waals surface area (Å²) in [6.45, 7) is 5.27. The molecular formula is C13H23N3O3. The lowest BCUT2D eigenvalue weighted by Crippen LogP contribution is -2.50. The minimum absolute atomic E-state index is 0.211. The van der Waals surface area contributed by atoms with Crippen molar-refractivity contribution in [1.82, 2.24) is 15.1 Å². The molecule has 2 aliphatic heterocycles. The summed E-state index contributed by atoms with van der Waals surface area (Å²) in [5.74, 6) is 0.545. The van der Waals surface area contributed by atoms with Crippen LogP contribution in [0.5, 0.6) is 0 Å². The van der Waals surface area contributed by atoms with Crippen LogP contribution in [0.25, 0.3) is 0 Å². The van der Waals surface area contributed by atoms with Crippen molar-refractivity contribution in [3.63, 3.8) is 0 Å². The summed E-state index contributed by atoms with van der Waals surface area (Å²) >= 11 is 0. The average molecular weight is 269 g/mol. The lowest BCUT2D eigenvalue weighted by molar-refractivity contribution is -0.142. The van der Waals surface area contributed by atoms with E-state index in [1.54, 1.807) is 0 Å². The van der Waals surface area contributed by atoms with E-state index in [0.717, 1.165) is 45.7 Å². The van der Waals surface area contributed by atoms with Gasteiger partial charge in [0, 0.05) is 32.6 Å². The lowest BCUT2D eigenvalue weighted by atomic mass is 10.0. The summed E-state index contributed by atoms with van der Waals surface area (Å²) in [6, 6.07) is 0. The Bertz CT molecular complexity index is 321. The Hall–Kier alpha value is -1.14. The van der Waals surface area contributed by atoms with Crippen molar-refractivity contribution in [1.29, 1.82) is 0 Å². The number of amides is 1. The number of hydrogen-bond acceptors (Lipinski definition) is 5. The van der Waals surface area contributed by atoms with Gasteiger partial charge in [0.05, 0.1) is 13.7 Å². The molecule has 2 heterocycles. The van der Waals surface area contributed by atoms with Gasteiger partial charge < -0.3 is 15.0 Å². The third-order valence-corrected chi connectivity index (χ3v) is 3.93. The van der Waals surface area contributed by atoms with E-state index in [-0.39, 0.29) is 11.9 Å². The van der Waals surface area contributed by atoms with Crippen LogP contribution in [-0.2, 0) is 14.3 Å². The van der Waals surface area contributed by atoms with Crippen LogP contribution >= 0.6 is 0 Å². The van der Waals surface area contributed by atoms with E-state index in [9.17, 15) is 9.59 Å². The molecule has 0 aromatic carbocycles. The van der Waals surface area contributed by atoms with Crippen molar-refractivity contribution >= 4 is 11.9 Å². The quantitative estimate of drug-likeness (QED) is 0.684. The molecule has 1 N–H and O–H groups in total. The Morgan fingerprint density at radius 3 is 2.58 bits per heavy atom. The van der Waals surface area contributed by atoms with Crippen LogP contribution in [0.3, 0.4) is 0 Å². The zero-order chi connectivity index (χ0) is 13.7. The van der Waals surface area contributed by atoms with Crippen LogP contribution in [0.4, 0.5) is 0 Å². The van der Waals surface area contributed by atoms with Crippen LogP contribution in [0, 0.1) is 5.92 Å². The first-order chi connectivity index (χ1) is 9.19. The smallest absolute Gasteiger partial charge is 0.319 e. The second-order valence-electron chi connectivity index (χ2n) is 5.30. The van der Waals surface area contributed by atoms with Crippen LogP contribution in [-0.4, -0.2) is 74.6 Å². The van der Waals surface area contributed by atoms with Crippen molar-refractivity contribution < 1.29 is 14.3 Å². The molecule has 0 radical (unpaired) electrons. The number of carbonyl (C=O) groups excluding carboxylic acids is 2. The molecule has 19 heavy (non-hydrogen) atoms. The standard InChI is InChI=1S/C13H23N3O3/c1-19-13(18)10-15-4-6-16(7-5-15)12(17)8-11-2-3-14-9-11/h11,14H,2-10H2,1H3. The molecule has 2 fully saturated rings. The molecule has 0 saturated carbocycles. The van der Waals surface area contributed by atoms with E-state index in [1.165, 1.54) is 7.11 Å². The number of nitrogens with one attached hydrogen (secondary N) is 1. The molecule has 0 spiro atoms. The number of rotatable bonds is 4. The molecule has 2 aliphatic rings.